The van der Waals surface area contributed by atoms with Crippen LogP contribution in [0, 0.1) is 12.7 Å². The number of carbonyl (C=O) groups excluding carboxylic acids is 1. The molecule has 2 aromatic rings. The lowest BCUT2D eigenvalue weighted by atomic mass is 9.98. The normalized spacial score (nSPS) is 18.0. The molecule has 6 nitrogen and oxygen atoms in total. The number of methoxy groups -OCH3 is 1. The van der Waals surface area contributed by atoms with Crippen molar-refractivity contribution in [3.8, 4) is 0 Å². The Morgan fingerprint density at radius 3 is 2.78 bits per heavy atom. The number of nitrogens with zero attached hydrogens (tertiary/aromatic N) is 3. The largest absolute Gasteiger partial charge is 0.465 e. The molecule has 2 aliphatic heterocycles. The third-order valence-electron chi connectivity index (χ3n) is 6.74. The third kappa shape index (κ3) is 5.05. The van der Waals surface area contributed by atoms with Gasteiger partial charge in [-0.05, 0) is 57.6 Å². The van der Waals surface area contributed by atoms with Crippen molar-refractivity contribution in [2.24, 2.45) is 0 Å². The molecule has 0 spiro atoms. The molecule has 4 rings (SSSR count). The monoisotopic (exact) mass is 443 g/mol. The predicted molar refractivity (Wildman–Crippen MR) is 121 cm³/mol. The van der Waals surface area contributed by atoms with E-state index in [0.29, 0.717) is 37.6 Å². The van der Waals surface area contributed by atoms with Gasteiger partial charge in [-0.25, -0.2) is 4.39 Å². The van der Waals surface area contributed by atoms with E-state index in [1.54, 1.807) is 19.2 Å². The Hall–Kier alpha value is -2.22. The van der Waals surface area contributed by atoms with Crippen LogP contribution >= 0.6 is 0 Å². The van der Waals surface area contributed by atoms with Crippen molar-refractivity contribution in [3.05, 3.63) is 58.3 Å². The molecule has 1 saturated heterocycles. The number of benzene rings is 1. The summed E-state index contributed by atoms with van der Waals surface area (Å²) in [6, 6.07) is 6.94. The van der Waals surface area contributed by atoms with E-state index in [0.717, 1.165) is 55.8 Å². The van der Waals surface area contributed by atoms with Gasteiger partial charge in [0.25, 0.3) is 5.91 Å². The van der Waals surface area contributed by atoms with Crippen molar-refractivity contribution in [3.63, 3.8) is 0 Å². The fourth-order valence-electron chi connectivity index (χ4n) is 4.98. The first-order valence-corrected chi connectivity index (χ1v) is 11.5. The number of hydrogen-bond donors (Lipinski definition) is 0. The molecule has 0 saturated carbocycles. The molecule has 0 aliphatic carbocycles. The Kier molecular flexibility index (Phi) is 7.28. The SMILES string of the molecule is COCCN(C(=O)c1c(C)oc2c1CN(Cc1cccc(F)c1)CC2)C1CCN(C)CC1. The number of fused-ring (bicyclic) bond motifs is 1. The second kappa shape index (κ2) is 10.1. The van der Waals surface area contributed by atoms with Crippen molar-refractivity contribution in [1.29, 1.82) is 0 Å². The molecule has 0 N–H and O–H groups in total. The molecule has 1 aromatic carbocycles. The highest BCUT2D eigenvalue weighted by molar-refractivity contribution is 5.97. The highest BCUT2D eigenvalue weighted by Crippen LogP contribution is 2.31. The van der Waals surface area contributed by atoms with Crippen LogP contribution in [0.3, 0.4) is 0 Å². The van der Waals surface area contributed by atoms with Crippen LogP contribution in [0.1, 0.15) is 45.8 Å². The van der Waals surface area contributed by atoms with Crippen LogP contribution in [0.5, 0.6) is 0 Å². The van der Waals surface area contributed by atoms with Crippen LogP contribution in [0.25, 0.3) is 0 Å². The molecule has 1 amide bonds. The van der Waals surface area contributed by atoms with Gasteiger partial charge in [0.15, 0.2) is 0 Å². The molecule has 2 aliphatic rings. The molecule has 0 unspecified atom stereocenters. The fraction of sp³-hybridized carbons (Fsp3) is 0.560. The van der Waals surface area contributed by atoms with Gasteiger partial charge in [0.05, 0.1) is 12.2 Å². The van der Waals surface area contributed by atoms with Gasteiger partial charge in [-0.2, -0.15) is 0 Å². The molecule has 32 heavy (non-hydrogen) atoms. The zero-order chi connectivity index (χ0) is 22.7. The second-order valence-corrected chi connectivity index (χ2v) is 9.05. The molecular formula is C25H34FN3O3. The molecule has 7 heteroatoms. The van der Waals surface area contributed by atoms with E-state index in [1.165, 1.54) is 6.07 Å². The first-order valence-electron chi connectivity index (χ1n) is 11.5. The molecule has 0 radical (unpaired) electrons. The van der Waals surface area contributed by atoms with Gasteiger partial charge in [0.2, 0.25) is 0 Å². The number of carbonyl (C=O) groups is 1. The van der Waals surface area contributed by atoms with E-state index in [9.17, 15) is 9.18 Å². The summed E-state index contributed by atoms with van der Waals surface area (Å²) < 4.78 is 25.0. The number of amides is 1. The Labute approximate surface area is 189 Å². The summed E-state index contributed by atoms with van der Waals surface area (Å²) in [5.74, 6) is 1.44. The minimum atomic E-state index is -0.220. The Balaban J connectivity index is 1.55. The summed E-state index contributed by atoms with van der Waals surface area (Å²) >= 11 is 0. The number of furan rings is 1. The standard InChI is InChI=1S/C25H34FN3O3/c1-18-24(25(30)29(13-14-31-3)21-7-10-27(2)11-8-21)22-17-28(12-9-23(22)32-18)16-19-5-4-6-20(26)15-19/h4-6,15,21H,7-14,16-17H2,1-3H3. The maximum atomic E-state index is 13.8. The Morgan fingerprint density at radius 1 is 1.28 bits per heavy atom. The van der Waals surface area contributed by atoms with Crippen LogP contribution in [0.2, 0.25) is 0 Å². The quantitative estimate of drug-likeness (QED) is 0.656. The zero-order valence-corrected chi connectivity index (χ0v) is 19.4. The summed E-state index contributed by atoms with van der Waals surface area (Å²) in [6.07, 6.45) is 2.69. The third-order valence-corrected chi connectivity index (χ3v) is 6.74. The van der Waals surface area contributed by atoms with Crippen molar-refractivity contribution in [2.45, 2.75) is 45.3 Å². The summed E-state index contributed by atoms with van der Waals surface area (Å²) in [5.41, 5.74) is 2.64. The topological polar surface area (TPSA) is 49.2 Å². The lowest BCUT2D eigenvalue weighted by Gasteiger charge is -2.37. The molecule has 1 aromatic heterocycles. The zero-order valence-electron chi connectivity index (χ0n) is 19.4. The number of rotatable bonds is 7. The van der Waals surface area contributed by atoms with Crippen LogP contribution in [0.15, 0.2) is 28.7 Å². The highest BCUT2D eigenvalue weighted by Gasteiger charge is 2.34. The molecule has 3 heterocycles. The van der Waals surface area contributed by atoms with Crippen molar-refractivity contribution >= 4 is 5.91 Å². The average molecular weight is 444 g/mol. The molecule has 0 atom stereocenters. The molecule has 0 bridgehead atoms. The van der Waals surface area contributed by atoms with Crippen LogP contribution < -0.4 is 0 Å². The summed E-state index contributed by atoms with van der Waals surface area (Å²) in [7, 11) is 3.80. The van der Waals surface area contributed by atoms with Gasteiger partial charge in [-0.1, -0.05) is 12.1 Å². The second-order valence-electron chi connectivity index (χ2n) is 9.05. The van der Waals surface area contributed by atoms with Crippen molar-refractivity contribution < 1.29 is 18.3 Å². The van der Waals surface area contributed by atoms with Gasteiger partial charge in [-0.3, -0.25) is 9.69 Å². The van der Waals surface area contributed by atoms with Gasteiger partial charge in [-0.15, -0.1) is 0 Å². The van der Waals surface area contributed by atoms with E-state index in [4.69, 9.17) is 9.15 Å². The Morgan fingerprint density at radius 2 is 2.06 bits per heavy atom. The van der Waals surface area contributed by atoms with E-state index in [1.807, 2.05) is 17.9 Å². The smallest absolute Gasteiger partial charge is 0.258 e. The number of hydrogen-bond acceptors (Lipinski definition) is 5. The lowest BCUT2D eigenvalue weighted by molar-refractivity contribution is 0.0501. The first kappa shape index (κ1) is 23.0. The molecule has 1 fully saturated rings. The fourth-order valence-corrected chi connectivity index (χ4v) is 4.98. The van der Waals surface area contributed by atoms with Crippen molar-refractivity contribution in [2.75, 3.05) is 46.9 Å². The van der Waals surface area contributed by atoms with Crippen LogP contribution in [-0.4, -0.2) is 73.6 Å². The molecular weight excluding hydrogens is 409 g/mol. The minimum absolute atomic E-state index is 0.0479. The van der Waals surface area contributed by atoms with Crippen molar-refractivity contribution in [1.82, 2.24) is 14.7 Å². The average Bonchev–Trinajstić information content (AvgIpc) is 3.10. The minimum Gasteiger partial charge on any atom is -0.465 e. The summed E-state index contributed by atoms with van der Waals surface area (Å²) in [4.78, 5) is 20.4. The van der Waals surface area contributed by atoms with Gasteiger partial charge < -0.3 is 19.0 Å². The lowest BCUT2D eigenvalue weighted by Crippen LogP contribution is -2.48. The number of piperidine rings is 1. The van der Waals surface area contributed by atoms with Gasteiger partial charge >= 0.3 is 0 Å². The highest BCUT2D eigenvalue weighted by atomic mass is 19.1. The summed E-state index contributed by atoms with van der Waals surface area (Å²) in [5, 5.41) is 0. The number of ether oxygens (including phenoxy) is 1. The maximum Gasteiger partial charge on any atom is 0.258 e. The Bertz CT molecular complexity index is 937. The number of aryl methyl sites for hydroxylation is 1. The maximum absolute atomic E-state index is 13.8. The van der Waals surface area contributed by atoms with E-state index in [-0.39, 0.29) is 17.8 Å². The predicted octanol–water partition coefficient (Wildman–Crippen LogP) is 3.47. The molecule has 174 valence electrons. The van der Waals surface area contributed by atoms with E-state index >= 15 is 0 Å². The van der Waals surface area contributed by atoms with E-state index in [2.05, 4.69) is 16.8 Å². The number of likely N-dealkylation sites (tertiary alicyclic amines) is 1. The van der Waals surface area contributed by atoms with E-state index < -0.39 is 0 Å². The van der Waals surface area contributed by atoms with Crippen LogP contribution in [0.4, 0.5) is 4.39 Å². The van der Waals surface area contributed by atoms with Crippen LogP contribution in [-0.2, 0) is 24.2 Å². The first-order chi connectivity index (χ1) is 15.5. The van der Waals surface area contributed by atoms with Gasteiger partial charge in [0.1, 0.15) is 17.3 Å². The number of halogens is 1. The summed E-state index contributed by atoms with van der Waals surface area (Å²) in [6.45, 7) is 7.08. The van der Waals surface area contributed by atoms with Gasteiger partial charge in [0, 0.05) is 51.3 Å².